The van der Waals surface area contributed by atoms with Gasteiger partial charge in [0.25, 0.3) is 0 Å². The Morgan fingerprint density at radius 3 is 2.33 bits per heavy atom. The molecule has 2 unspecified atom stereocenters. The van der Waals surface area contributed by atoms with E-state index in [2.05, 4.69) is 0 Å². The third-order valence-corrected chi connectivity index (χ3v) is 5.59. The molecule has 4 aliphatic rings. The van der Waals surface area contributed by atoms with Gasteiger partial charge in [-0.25, -0.2) is 4.79 Å². The Balaban J connectivity index is 1.50. The van der Waals surface area contributed by atoms with Crippen molar-refractivity contribution in [2.24, 2.45) is 17.8 Å². The number of hydrogen-bond acceptors (Lipinski definition) is 2. The number of carbonyl (C=O) groups excluding carboxylic acids is 1. The van der Waals surface area contributed by atoms with Crippen molar-refractivity contribution in [1.82, 2.24) is 0 Å². The minimum absolute atomic E-state index is 0.0412. The molecule has 0 N–H and O–H groups in total. The maximum atomic E-state index is 12.3. The molecule has 0 aromatic heterocycles. The van der Waals surface area contributed by atoms with Crippen LogP contribution in [-0.2, 0) is 4.74 Å². The van der Waals surface area contributed by atoms with Crippen LogP contribution < -0.4 is 0 Å². The molecule has 4 fully saturated rings. The molecule has 5 heteroatoms. The first-order chi connectivity index (χ1) is 10.0. The molecular formula is C16H18BClNO2+. The highest BCUT2D eigenvalue weighted by Gasteiger charge is 2.55. The second kappa shape index (κ2) is 4.75. The molecule has 1 aromatic carbocycles. The van der Waals surface area contributed by atoms with Crippen molar-refractivity contribution in [1.29, 1.82) is 0 Å². The van der Waals surface area contributed by atoms with E-state index in [4.69, 9.17) is 24.3 Å². The number of nitrogens with zero attached hydrogens (tertiary/aromatic N) is 1. The number of hydrogen-bond donors (Lipinski definition) is 0. The molecule has 4 bridgehead atoms. The molecule has 1 aliphatic carbocycles. The number of rotatable bonds is 2. The number of carbonyl (C=O) groups is 1. The maximum Gasteiger partial charge on any atom is 0.481 e. The Hall–Kier alpha value is -0.995. The molecule has 1 saturated carbocycles. The van der Waals surface area contributed by atoms with Crippen molar-refractivity contribution in [2.45, 2.75) is 18.9 Å². The molecule has 3 heterocycles. The summed E-state index contributed by atoms with van der Waals surface area (Å²) in [5.74, 6) is 1.34. The Kier molecular flexibility index (Phi) is 3.09. The lowest BCUT2D eigenvalue weighted by Gasteiger charge is -2.59. The van der Waals surface area contributed by atoms with Crippen LogP contribution in [0.25, 0.3) is 0 Å². The minimum atomic E-state index is -0.234. The topological polar surface area (TPSA) is 26.3 Å². The fourth-order valence-electron chi connectivity index (χ4n) is 4.75. The largest absolute Gasteiger partial charge is 0.481 e. The fraction of sp³-hybridized carbons (Fsp3) is 0.562. The van der Waals surface area contributed by atoms with Crippen LogP contribution in [0.15, 0.2) is 24.3 Å². The summed E-state index contributed by atoms with van der Waals surface area (Å²) in [5, 5.41) is 0.628. The first-order valence-corrected chi connectivity index (χ1v) is 8.01. The quantitative estimate of drug-likeness (QED) is 0.619. The molecule has 0 amide bonds. The molecule has 21 heavy (non-hydrogen) atoms. The van der Waals surface area contributed by atoms with Gasteiger partial charge in [-0.2, -0.15) is 0 Å². The second-order valence-corrected chi connectivity index (χ2v) is 7.44. The van der Waals surface area contributed by atoms with Gasteiger partial charge in [-0.1, -0.05) is 11.6 Å². The first-order valence-electron chi connectivity index (χ1n) is 7.64. The zero-order valence-electron chi connectivity index (χ0n) is 11.9. The van der Waals surface area contributed by atoms with Crippen molar-refractivity contribution in [3.05, 3.63) is 34.9 Å². The smallest absolute Gasteiger partial charge is 0.458 e. The van der Waals surface area contributed by atoms with E-state index in [9.17, 15) is 4.79 Å². The summed E-state index contributed by atoms with van der Waals surface area (Å²) in [4.78, 5) is 12.3. The van der Waals surface area contributed by atoms with E-state index < -0.39 is 0 Å². The third-order valence-electron chi connectivity index (χ3n) is 5.34. The van der Waals surface area contributed by atoms with Crippen LogP contribution >= 0.6 is 11.6 Å². The summed E-state index contributed by atoms with van der Waals surface area (Å²) in [6.07, 6.45) is 2.36. The van der Waals surface area contributed by atoms with E-state index in [1.54, 1.807) is 24.3 Å². The van der Waals surface area contributed by atoms with Crippen molar-refractivity contribution >= 4 is 25.6 Å². The number of benzene rings is 1. The average Bonchev–Trinajstić information content (AvgIpc) is 2.41. The van der Waals surface area contributed by atoms with E-state index in [1.165, 1.54) is 0 Å². The minimum Gasteiger partial charge on any atom is -0.458 e. The van der Waals surface area contributed by atoms with Crippen molar-refractivity contribution in [3.63, 3.8) is 0 Å². The SMILES string of the molecule is [B][N+]12CC3CC(C1)C(OC(=O)c1ccc(Cl)cc1)C(C3)C2. The van der Waals surface area contributed by atoms with Gasteiger partial charge >= 0.3 is 14.0 Å². The van der Waals surface area contributed by atoms with Crippen molar-refractivity contribution in [3.8, 4) is 0 Å². The average molecular weight is 303 g/mol. The highest BCUT2D eigenvalue weighted by molar-refractivity contribution is 6.30. The fourth-order valence-corrected chi connectivity index (χ4v) is 4.88. The normalized spacial score (nSPS) is 40.2. The van der Waals surface area contributed by atoms with Crippen LogP contribution in [0.4, 0.5) is 0 Å². The highest BCUT2D eigenvalue weighted by atomic mass is 35.5. The molecule has 0 spiro atoms. The number of halogens is 1. The summed E-state index contributed by atoms with van der Waals surface area (Å²) in [7, 11) is 6.42. The molecule has 3 saturated heterocycles. The van der Waals surface area contributed by atoms with Gasteiger partial charge in [0.2, 0.25) is 0 Å². The molecule has 5 rings (SSSR count). The van der Waals surface area contributed by atoms with E-state index in [-0.39, 0.29) is 12.1 Å². The molecule has 3 aliphatic heterocycles. The van der Waals surface area contributed by atoms with Crippen LogP contribution in [0.2, 0.25) is 5.02 Å². The molecule has 3 nitrogen and oxygen atoms in total. The third kappa shape index (κ3) is 2.38. The van der Waals surface area contributed by atoms with E-state index in [0.29, 0.717) is 26.8 Å². The van der Waals surface area contributed by atoms with Crippen molar-refractivity contribution in [2.75, 3.05) is 19.6 Å². The highest BCUT2D eigenvalue weighted by Crippen LogP contribution is 2.47. The van der Waals surface area contributed by atoms with E-state index in [1.807, 2.05) is 0 Å². The number of quaternary nitrogens is 1. The van der Waals surface area contributed by atoms with Gasteiger partial charge in [-0.05, 0) is 37.1 Å². The maximum absolute atomic E-state index is 12.3. The molecular weight excluding hydrogens is 284 g/mol. The summed E-state index contributed by atoms with van der Waals surface area (Å²) >= 11 is 5.85. The molecule has 1 aromatic rings. The lowest BCUT2D eigenvalue weighted by Crippen LogP contribution is -2.69. The van der Waals surface area contributed by atoms with E-state index >= 15 is 0 Å². The van der Waals surface area contributed by atoms with Crippen LogP contribution in [0.1, 0.15) is 23.2 Å². The number of esters is 1. The first kappa shape index (κ1) is 13.7. The van der Waals surface area contributed by atoms with Crippen LogP contribution in [0, 0.1) is 17.8 Å². The van der Waals surface area contributed by atoms with Gasteiger partial charge in [0.1, 0.15) is 6.10 Å². The molecule has 2 radical (unpaired) electrons. The van der Waals surface area contributed by atoms with Gasteiger partial charge in [0.05, 0.1) is 25.2 Å². The zero-order chi connectivity index (χ0) is 14.6. The zero-order valence-corrected chi connectivity index (χ0v) is 12.6. The van der Waals surface area contributed by atoms with Gasteiger partial charge < -0.3 is 9.13 Å². The number of ether oxygens (including phenoxy) is 1. The van der Waals surface area contributed by atoms with Crippen LogP contribution in [0.5, 0.6) is 0 Å². The Bertz CT molecular complexity index is 560. The van der Waals surface area contributed by atoms with Gasteiger partial charge in [0, 0.05) is 22.8 Å². The van der Waals surface area contributed by atoms with Crippen LogP contribution in [0.3, 0.4) is 0 Å². The molecule has 2 atom stereocenters. The van der Waals surface area contributed by atoms with Gasteiger partial charge in [0.15, 0.2) is 0 Å². The Morgan fingerprint density at radius 2 is 1.76 bits per heavy atom. The second-order valence-electron chi connectivity index (χ2n) is 7.00. The summed E-state index contributed by atoms with van der Waals surface area (Å²) in [6, 6.07) is 6.89. The number of piperidine rings is 3. The Morgan fingerprint density at radius 1 is 1.14 bits per heavy atom. The summed E-state index contributed by atoms with van der Waals surface area (Å²) in [5.41, 5.74) is 0.574. The Labute approximate surface area is 131 Å². The van der Waals surface area contributed by atoms with Gasteiger partial charge in [-0.3, -0.25) is 0 Å². The standard InChI is InChI=1S/C16H18BClNO2/c17-19-7-10-5-12(8-19)15(13(6-10)9-19)21-16(20)11-1-3-14(18)4-2-11/h1-4,10,12-13,15H,5-9H2/q+1. The lowest BCUT2D eigenvalue weighted by atomic mass is 9.63. The molecule has 108 valence electrons. The predicted molar refractivity (Wildman–Crippen MR) is 81.0 cm³/mol. The predicted octanol–water partition coefficient (Wildman–Crippen LogP) is 2.44. The van der Waals surface area contributed by atoms with E-state index in [0.717, 1.165) is 38.4 Å². The van der Waals surface area contributed by atoms with Gasteiger partial charge in [-0.15, -0.1) is 0 Å². The lowest BCUT2D eigenvalue weighted by molar-refractivity contribution is -0.852. The summed E-state index contributed by atoms with van der Waals surface area (Å²) < 4.78 is 6.54. The summed E-state index contributed by atoms with van der Waals surface area (Å²) in [6.45, 7) is 3.00. The van der Waals surface area contributed by atoms with Crippen LogP contribution in [-0.4, -0.2) is 44.1 Å². The van der Waals surface area contributed by atoms with Crippen molar-refractivity contribution < 1.29 is 13.9 Å². The monoisotopic (exact) mass is 302 g/mol.